The molecular weight excluding hydrogens is 256 g/mol. The van der Waals surface area contributed by atoms with Crippen molar-refractivity contribution >= 4 is 35.0 Å². The minimum atomic E-state index is -4.30. The predicted octanol–water partition coefficient (Wildman–Crippen LogP) is 4.91. The topological polar surface area (TPSA) is 0 Å². The van der Waals surface area contributed by atoms with Crippen LogP contribution >= 0.6 is 35.0 Å². The summed E-state index contributed by atoms with van der Waals surface area (Å²) in [6, 6.07) is 2.66. The maximum Gasteiger partial charge on any atom is 0.446 e. The van der Waals surface area contributed by atoms with Gasteiger partial charge in [-0.3, -0.25) is 0 Å². The first-order valence-corrected chi connectivity index (χ1v) is 5.09. The fourth-order valence-corrected chi connectivity index (χ4v) is 1.94. The van der Waals surface area contributed by atoms with E-state index in [2.05, 4.69) is 0 Å². The molecule has 14 heavy (non-hydrogen) atoms. The molecule has 0 unspecified atom stereocenters. The van der Waals surface area contributed by atoms with Crippen molar-refractivity contribution in [1.29, 1.82) is 0 Å². The van der Waals surface area contributed by atoms with Crippen LogP contribution in [0.1, 0.15) is 5.56 Å². The molecule has 1 aromatic rings. The molecule has 6 heteroatoms. The summed E-state index contributed by atoms with van der Waals surface area (Å²) in [5.74, 6) is 0. The lowest BCUT2D eigenvalue weighted by molar-refractivity contribution is -0.0328. The molecule has 0 aromatic heterocycles. The lowest BCUT2D eigenvalue weighted by Crippen LogP contribution is -2.00. The van der Waals surface area contributed by atoms with Crippen LogP contribution in [0.15, 0.2) is 17.0 Å². The van der Waals surface area contributed by atoms with Crippen LogP contribution in [0.3, 0.4) is 0 Å². The maximum atomic E-state index is 12.0. The Morgan fingerprint density at radius 3 is 2.29 bits per heavy atom. The normalized spacial score (nSPS) is 11.9. The number of thioether (sulfide) groups is 1. The van der Waals surface area contributed by atoms with Gasteiger partial charge in [0.25, 0.3) is 0 Å². The molecule has 0 amide bonds. The van der Waals surface area contributed by atoms with Gasteiger partial charge in [-0.25, -0.2) is 0 Å². The molecule has 0 nitrogen and oxygen atoms in total. The molecule has 0 saturated heterocycles. The van der Waals surface area contributed by atoms with Crippen molar-refractivity contribution in [1.82, 2.24) is 0 Å². The Morgan fingerprint density at radius 1 is 1.21 bits per heavy atom. The molecule has 0 saturated carbocycles. The third-order valence-electron chi connectivity index (χ3n) is 1.52. The lowest BCUT2D eigenvalue weighted by atomic mass is 10.2. The van der Waals surface area contributed by atoms with Crippen molar-refractivity contribution in [2.45, 2.75) is 17.3 Å². The van der Waals surface area contributed by atoms with Crippen LogP contribution in [0.2, 0.25) is 10.0 Å². The molecule has 0 heterocycles. The summed E-state index contributed by atoms with van der Waals surface area (Å²) in [6.45, 7) is 1.50. The fraction of sp³-hybridized carbons (Fsp3) is 0.250. The van der Waals surface area contributed by atoms with Gasteiger partial charge in [0.1, 0.15) is 0 Å². The number of hydrogen-bond donors (Lipinski definition) is 0. The molecular formula is C8H5Cl2F3S. The van der Waals surface area contributed by atoms with Crippen LogP contribution < -0.4 is 0 Å². The van der Waals surface area contributed by atoms with Gasteiger partial charge in [-0.2, -0.15) is 13.2 Å². The summed E-state index contributed by atoms with van der Waals surface area (Å²) < 4.78 is 36.1. The van der Waals surface area contributed by atoms with Crippen LogP contribution in [0, 0.1) is 6.92 Å². The molecule has 1 aromatic carbocycles. The summed E-state index contributed by atoms with van der Waals surface area (Å²) in [5, 5.41) is 0.427. The molecule has 1 rings (SSSR count). The first-order chi connectivity index (χ1) is 6.31. The quantitative estimate of drug-likeness (QED) is 0.647. The third kappa shape index (κ3) is 2.97. The largest absolute Gasteiger partial charge is 0.446 e. The van der Waals surface area contributed by atoms with E-state index in [1.165, 1.54) is 19.1 Å². The van der Waals surface area contributed by atoms with E-state index in [4.69, 9.17) is 23.2 Å². The Kier molecular flexibility index (Phi) is 3.61. The van der Waals surface area contributed by atoms with Crippen molar-refractivity contribution in [3.8, 4) is 0 Å². The van der Waals surface area contributed by atoms with Crippen molar-refractivity contribution in [2.24, 2.45) is 0 Å². The van der Waals surface area contributed by atoms with Crippen LogP contribution in [0.5, 0.6) is 0 Å². The average molecular weight is 261 g/mol. The molecule has 0 atom stereocenters. The van der Waals surface area contributed by atoms with Gasteiger partial charge in [0.05, 0.1) is 10.0 Å². The zero-order valence-electron chi connectivity index (χ0n) is 6.95. The minimum Gasteiger partial charge on any atom is -0.160 e. The monoisotopic (exact) mass is 260 g/mol. The highest BCUT2D eigenvalue weighted by atomic mass is 35.5. The Hall–Kier alpha value is -0.0600. The smallest absolute Gasteiger partial charge is 0.160 e. The van der Waals surface area contributed by atoms with E-state index in [0.717, 1.165) is 0 Å². The van der Waals surface area contributed by atoms with Crippen LogP contribution in [-0.2, 0) is 0 Å². The summed E-state index contributed by atoms with van der Waals surface area (Å²) >= 11 is 11.1. The van der Waals surface area contributed by atoms with Crippen LogP contribution in [-0.4, -0.2) is 5.51 Å². The Balaban J connectivity index is 3.06. The lowest BCUT2D eigenvalue weighted by Gasteiger charge is -2.10. The van der Waals surface area contributed by atoms with Gasteiger partial charge in [-0.15, -0.1) is 0 Å². The molecule has 0 spiro atoms. The van der Waals surface area contributed by atoms with Crippen LogP contribution in [0.25, 0.3) is 0 Å². The Morgan fingerprint density at radius 2 is 1.79 bits per heavy atom. The number of alkyl halides is 3. The van der Waals surface area contributed by atoms with E-state index in [0.29, 0.717) is 5.56 Å². The number of halogens is 5. The van der Waals surface area contributed by atoms with Crippen molar-refractivity contribution in [3.05, 3.63) is 27.7 Å². The highest BCUT2D eigenvalue weighted by Gasteiger charge is 2.30. The van der Waals surface area contributed by atoms with E-state index < -0.39 is 5.51 Å². The zero-order chi connectivity index (χ0) is 10.9. The second-order valence-corrected chi connectivity index (χ2v) is 4.42. The molecule has 0 aliphatic rings. The van der Waals surface area contributed by atoms with Gasteiger partial charge in [0.2, 0.25) is 0 Å². The SMILES string of the molecule is Cc1c(SC(F)(F)F)ccc(Cl)c1Cl. The van der Waals surface area contributed by atoms with E-state index in [9.17, 15) is 13.2 Å². The standard InChI is InChI=1S/C8H5Cl2F3S/c1-4-6(14-8(11,12)13)3-2-5(9)7(4)10/h2-3H,1H3. The zero-order valence-corrected chi connectivity index (χ0v) is 9.28. The maximum absolute atomic E-state index is 12.0. The second-order valence-electron chi connectivity index (χ2n) is 2.53. The molecule has 78 valence electrons. The van der Waals surface area contributed by atoms with Gasteiger partial charge in [0.15, 0.2) is 0 Å². The van der Waals surface area contributed by atoms with E-state index >= 15 is 0 Å². The first-order valence-electron chi connectivity index (χ1n) is 3.51. The number of rotatable bonds is 1. The number of benzene rings is 1. The predicted molar refractivity (Wildman–Crippen MR) is 53.1 cm³/mol. The van der Waals surface area contributed by atoms with Crippen LogP contribution in [0.4, 0.5) is 13.2 Å². The van der Waals surface area contributed by atoms with E-state index in [-0.39, 0.29) is 26.7 Å². The van der Waals surface area contributed by atoms with Gasteiger partial charge in [-0.05, 0) is 36.4 Å². The summed E-state index contributed by atoms with van der Waals surface area (Å²) in [7, 11) is 0. The molecule has 0 aliphatic carbocycles. The highest BCUT2D eigenvalue weighted by Crippen LogP contribution is 2.41. The fourth-order valence-electron chi connectivity index (χ4n) is 0.870. The van der Waals surface area contributed by atoms with Gasteiger partial charge < -0.3 is 0 Å². The van der Waals surface area contributed by atoms with E-state index in [1.807, 2.05) is 0 Å². The Labute approximate surface area is 93.4 Å². The van der Waals surface area contributed by atoms with Crippen molar-refractivity contribution < 1.29 is 13.2 Å². The molecule has 0 fully saturated rings. The number of hydrogen-bond acceptors (Lipinski definition) is 1. The minimum absolute atomic E-state index is 0.0758. The van der Waals surface area contributed by atoms with Crippen molar-refractivity contribution in [2.75, 3.05) is 0 Å². The van der Waals surface area contributed by atoms with E-state index in [1.54, 1.807) is 0 Å². The third-order valence-corrected chi connectivity index (χ3v) is 3.31. The summed E-state index contributed by atoms with van der Waals surface area (Å²) in [6.07, 6.45) is 0. The first kappa shape index (κ1) is 12.0. The Bertz CT molecular complexity index is 349. The van der Waals surface area contributed by atoms with Crippen molar-refractivity contribution in [3.63, 3.8) is 0 Å². The molecule has 0 N–H and O–H groups in total. The van der Waals surface area contributed by atoms with Gasteiger partial charge >= 0.3 is 5.51 Å². The highest BCUT2D eigenvalue weighted by molar-refractivity contribution is 8.00. The van der Waals surface area contributed by atoms with Gasteiger partial charge in [-0.1, -0.05) is 23.2 Å². The summed E-state index contributed by atoms with van der Waals surface area (Å²) in [4.78, 5) is 0.0758. The van der Waals surface area contributed by atoms with Gasteiger partial charge in [0, 0.05) is 4.90 Å². The average Bonchev–Trinajstić information content (AvgIpc) is 2.04. The molecule has 0 aliphatic heterocycles. The second kappa shape index (κ2) is 4.21. The molecule has 0 radical (unpaired) electrons. The summed E-state index contributed by atoms with van der Waals surface area (Å²) in [5.41, 5.74) is -3.96. The molecule has 0 bridgehead atoms.